The molecule has 1 heterocycles. The first-order valence-electron chi connectivity index (χ1n) is 9.25. The van der Waals surface area contributed by atoms with Crippen molar-refractivity contribution in [3.8, 4) is 17.1 Å². The van der Waals surface area contributed by atoms with E-state index in [-0.39, 0.29) is 0 Å². The largest absolute Gasteiger partial charge is 0.497 e. The molecule has 0 amide bonds. The van der Waals surface area contributed by atoms with Crippen molar-refractivity contribution in [3.63, 3.8) is 0 Å². The minimum Gasteiger partial charge on any atom is -0.497 e. The molecular formula is C22H26N3O2+. The first-order valence-corrected chi connectivity index (χ1v) is 9.25. The van der Waals surface area contributed by atoms with Gasteiger partial charge in [0.15, 0.2) is 0 Å². The maximum absolute atomic E-state index is 5.60. The number of hydrogen-bond acceptors (Lipinski definition) is 4. The van der Waals surface area contributed by atoms with Crippen LogP contribution in [0.25, 0.3) is 23.0 Å². The van der Waals surface area contributed by atoms with Crippen LogP contribution < -0.4 is 10.5 Å². The van der Waals surface area contributed by atoms with Crippen molar-refractivity contribution in [2.45, 2.75) is 26.2 Å². The van der Waals surface area contributed by atoms with Crippen molar-refractivity contribution in [2.24, 2.45) is 0 Å². The van der Waals surface area contributed by atoms with Crippen molar-refractivity contribution >= 4 is 11.6 Å². The van der Waals surface area contributed by atoms with Crippen LogP contribution in [0.2, 0.25) is 0 Å². The highest BCUT2D eigenvalue weighted by atomic mass is 16.5. The molecule has 3 aromatic rings. The molecule has 27 heavy (non-hydrogen) atoms. The Morgan fingerprint density at radius 3 is 2.59 bits per heavy atom. The van der Waals surface area contributed by atoms with Gasteiger partial charge in [0.1, 0.15) is 5.75 Å². The Hall–Kier alpha value is -2.92. The predicted molar refractivity (Wildman–Crippen MR) is 107 cm³/mol. The van der Waals surface area contributed by atoms with Gasteiger partial charge in [0.25, 0.3) is 5.89 Å². The van der Waals surface area contributed by atoms with Gasteiger partial charge in [0, 0.05) is 11.1 Å². The lowest BCUT2D eigenvalue weighted by molar-refractivity contribution is -0.368. The third-order valence-electron chi connectivity index (χ3n) is 4.51. The summed E-state index contributed by atoms with van der Waals surface area (Å²) in [5.74, 6) is 1.96. The van der Waals surface area contributed by atoms with Crippen molar-refractivity contribution in [2.75, 3.05) is 13.7 Å². The Kier molecular flexibility index (Phi) is 6.39. The first kappa shape index (κ1) is 18.9. The average Bonchev–Trinajstić information content (AvgIpc) is 3.19. The fourth-order valence-corrected chi connectivity index (χ4v) is 2.88. The van der Waals surface area contributed by atoms with E-state index >= 15 is 0 Å². The van der Waals surface area contributed by atoms with Crippen molar-refractivity contribution in [3.05, 3.63) is 65.5 Å². The number of aromatic nitrogens is 2. The zero-order valence-electron chi connectivity index (χ0n) is 15.9. The van der Waals surface area contributed by atoms with Crippen LogP contribution >= 0.6 is 0 Å². The maximum atomic E-state index is 5.60. The lowest BCUT2D eigenvalue weighted by Crippen LogP contribution is -2.50. The lowest BCUT2D eigenvalue weighted by atomic mass is 10.0. The zero-order chi connectivity index (χ0) is 19.1. The topological polar surface area (TPSA) is 75.8 Å². The molecule has 0 saturated carbocycles. The van der Waals surface area contributed by atoms with Crippen LogP contribution in [0, 0.1) is 6.92 Å². The Bertz CT molecular complexity index is 898. The molecule has 0 saturated heterocycles. The van der Waals surface area contributed by atoms with Crippen LogP contribution in [0.15, 0.2) is 53.1 Å². The number of methoxy groups -OCH3 is 1. The summed E-state index contributed by atoms with van der Waals surface area (Å²) in [4.78, 5) is 4.64. The second-order valence-corrected chi connectivity index (χ2v) is 6.49. The molecule has 5 nitrogen and oxygen atoms in total. The molecule has 0 aliphatic rings. The summed E-state index contributed by atoms with van der Waals surface area (Å²) in [6.07, 6.45) is 5.16. The van der Waals surface area contributed by atoms with E-state index in [0.717, 1.165) is 42.7 Å². The highest BCUT2D eigenvalue weighted by Crippen LogP contribution is 2.26. The molecule has 0 unspecified atom stereocenters. The third-order valence-corrected chi connectivity index (χ3v) is 4.51. The fraction of sp³-hybridized carbons (Fsp3) is 0.273. The molecule has 5 heteroatoms. The average molecular weight is 364 g/mol. The summed E-state index contributed by atoms with van der Waals surface area (Å²) < 4.78 is 10.8. The van der Waals surface area contributed by atoms with Crippen LogP contribution in [-0.2, 0) is 0 Å². The third kappa shape index (κ3) is 4.83. The number of nitrogens with zero attached hydrogens (tertiary/aromatic N) is 2. The van der Waals surface area contributed by atoms with Crippen LogP contribution in [0.5, 0.6) is 5.75 Å². The Morgan fingerprint density at radius 1 is 1.11 bits per heavy atom. The minimum atomic E-state index is 0.577. The summed E-state index contributed by atoms with van der Waals surface area (Å²) in [7, 11) is 1.65. The van der Waals surface area contributed by atoms with Crippen LogP contribution in [-0.4, -0.2) is 23.8 Å². The van der Waals surface area contributed by atoms with Crippen LogP contribution in [0.3, 0.4) is 0 Å². The standard InChI is InChI=1S/C22H25N3O2/c1-16-7-3-4-8-18(16)15-19(9-5-6-14-23)22-24-21(25-27-22)17-10-12-20(26-2)13-11-17/h3-4,7-8,10-13,15H,5-6,9,14,23H2,1-2H3/p+1/b19-15+. The highest BCUT2D eigenvalue weighted by molar-refractivity contribution is 5.79. The monoisotopic (exact) mass is 364 g/mol. The van der Waals surface area contributed by atoms with Crippen LogP contribution in [0.4, 0.5) is 0 Å². The van der Waals surface area contributed by atoms with Gasteiger partial charge in [-0.2, -0.15) is 4.98 Å². The van der Waals surface area contributed by atoms with Crippen molar-refractivity contribution in [1.82, 2.24) is 10.1 Å². The highest BCUT2D eigenvalue weighted by Gasteiger charge is 2.14. The maximum Gasteiger partial charge on any atom is 0.254 e. The second-order valence-electron chi connectivity index (χ2n) is 6.49. The SMILES string of the molecule is COc1ccc(-c2noc(/C(=C/c3ccccc3C)CCCC[NH3+])n2)cc1. The molecule has 3 rings (SSSR count). The number of benzene rings is 2. The molecule has 0 spiro atoms. The normalized spacial score (nSPS) is 11.6. The summed E-state index contributed by atoms with van der Waals surface area (Å²) in [6.45, 7) is 3.04. The van der Waals surface area contributed by atoms with Gasteiger partial charge in [-0.1, -0.05) is 29.4 Å². The van der Waals surface area contributed by atoms with Crippen molar-refractivity contribution in [1.29, 1.82) is 0 Å². The van der Waals surface area contributed by atoms with Gasteiger partial charge in [-0.05, 0) is 67.7 Å². The van der Waals surface area contributed by atoms with Gasteiger partial charge in [-0.3, -0.25) is 0 Å². The molecule has 0 radical (unpaired) electrons. The molecule has 2 aromatic carbocycles. The van der Waals surface area contributed by atoms with E-state index in [0.29, 0.717) is 11.7 Å². The van der Waals surface area contributed by atoms with E-state index in [1.165, 1.54) is 11.1 Å². The summed E-state index contributed by atoms with van der Waals surface area (Å²) >= 11 is 0. The molecule has 0 atom stereocenters. The number of aryl methyl sites for hydroxylation is 1. The van der Waals surface area contributed by atoms with E-state index in [1.807, 2.05) is 36.4 Å². The number of ether oxygens (including phenoxy) is 1. The van der Waals surface area contributed by atoms with Gasteiger partial charge in [0.2, 0.25) is 5.82 Å². The predicted octanol–water partition coefficient (Wildman–Crippen LogP) is 4.01. The van der Waals surface area contributed by atoms with E-state index in [2.05, 4.69) is 41.0 Å². The number of unbranched alkanes of at least 4 members (excludes halogenated alkanes) is 1. The number of quaternary nitrogens is 1. The van der Waals surface area contributed by atoms with Crippen LogP contribution in [0.1, 0.15) is 36.3 Å². The Labute approximate surface area is 159 Å². The number of rotatable bonds is 8. The summed E-state index contributed by atoms with van der Waals surface area (Å²) in [5, 5.41) is 4.18. The Morgan fingerprint density at radius 2 is 1.89 bits per heavy atom. The molecule has 140 valence electrons. The summed E-state index contributed by atoms with van der Waals surface area (Å²) in [5.41, 5.74) is 8.29. The Balaban J connectivity index is 1.90. The first-order chi connectivity index (χ1) is 13.2. The molecule has 1 aromatic heterocycles. The minimum absolute atomic E-state index is 0.577. The lowest BCUT2D eigenvalue weighted by Gasteiger charge is -2.05. The molecule has 0 aliphatic carbocycles. The van der Waals surface area contributed by atoms with E-state index in [9.17, 15) is 0 Å². The van der Waals surface area contributed by atoms with E-state index in [1.54, 1.807) is 7.11 Å². The van der Waals surface area contributed by atoms with Gasteiger partial charge >= 0.3 is 0 Å². The van der Waals surface area contributed by atoms with Gasteiger partial charge < -0.3 is 15.0 Å². The van der Waals surface area contributed by atoms with Crippen molar-refractivity contribution < 1.29 is 15.0 Å². The molecule has 0 aliphatic heterocycles. The summed E-state index contributed by atoms with van der Waals surface area (Å²) in [6, 6.07) is 16.0. The molecule has 3 N–H and O–H groups in total. The van der Waals surface area contributed by atoms with E-state index < -0.39 is 0 Å². The molecule has 0 fully saturated rings. The molecule has 0 bridgehead atoms. The zero-order valence-corrected chi connectivity index (χ0v) is 15.9. The molecular weight excluding hydrogens is 338 g/mol. The van der Waals surface area contributed by atoms with E-state index in [4.69, 9.17) is 9.26 Å². The number of hydrogen-bond donors (Lipinski definition) is 1. The van der Waals surface area contributed by atoms with Gasteiger partial charge in [-0.15, -0.1) is 0 Å². The van der Waals surface area contributed by atoms with Gasteiger partial charge in [-0.25, -0.2) is 0 Å². The smallest absolute Gasteiger partial charge is 0.254 e. The fourth-order valence-electron chi connectivity index (χ4n) is 2.88. The quantitative estimate of drug-likeness (QED) is 0.613. The van der Waals surface area contributed by atoms with Gasteiger partial charge in [0.05, 0.1) is 13.7 Å². The number of allylic oxidation sites excluding steroid dienone is 1. The second kappa shape index (κ2) is 9.14.